The maximum Gasteiger partial charge on any atom is 0.257 e. The first-order chi connectivity index (χ1) is 13.5. The van der Waals surface area contributed by atoms with Gasteiger partial charge >= 0.3 is 0 Å². The molecular weight excluding hydrogens is 397 g/mol. The average molecular weight is 420 g/mol. The predicted molar refractivity (Wildman–Crippen MR) is 114 cm³/mol. The van der Waals surface area contributed by atoms with Crippen molar-refractivity contribution in [3.05, 3.63) is 70.9 Å². The van der Waals surface area contributed by atoms with E-state index < -0.39 is 0 Å². The van der Waals surface area contributed by atoms with Crippen molar-refractivity contribution in [2.45, 2.75) is 12.5 Å². The van der Waals surface area contributed by atoms with Gasteiger partial charge in [-0.25, -0.2) is 0 Å². The van der Waals surface area contributed by atoms with Crippen molar-refractivity contribution >= 4 is 34.8 Å². The average Bonchev–Trinajstić information content (AvgIpc) is 2.65. The normalized spacial score (nSPS) is 13.6. The Balaban J connectivity index is 1.27. The number of carbonyl (C=O) groups is 1. The van der Waals surface area contributed by atoms with Crippen LogP contribution in [0.1, 0.15) is 6.42 Å². The first kappa shape index (κ1) is 20.4. The van der Waals surface area contributed by atoms with Gasteiger partial charge in [0.05, 0.1) is 6.04 Å². The smallest absolute Gasteiger partial charge is 0.257 e. The van der Waals surface area contributed by atoms with Crippen LogP contribution in [0.3, 0.4) is 0 Å². The van der Waals surface area contributed by atoms with Crippen molar-refractivity contribution in [3.8, 4) is 5.75 Å². The van der Waals surface area contributed by atoms with Crippen molar-refractivity contribution in [2.24, 2.45) is 0 Å². The summed E-state index contributed by atoms with van der Waals surface area (Å²) in [5.74, 6) is 0.446. The van der Waals surface area contributed by atoms with Gasteiger partial charge in [-0.1, -0.05) is 29.8 Å². The number of rotatable bonds is 9. The first-order valence-corrected chi connectivity index (χ1v) is 9.85. The van der Waals surface area contributed by atoms with Crippen LogP contribution in [0.15, 0.2) is 60.8 Å². The van der Waals surface area contributed by atoms with Crippen LogP contribution in [0.5, 0.6) is 5.75 Å². The van der Waals surface area contributed by atoms with Gasteiger partial charge in [-0.3, -0.25) is 4.79 Å². The molecule has 0 aliphatic carbocycles. The number of ether oxygens (including phenoxy) is 1. The molecule has 1 fully saturated rings. The fourth-order valence-electron chi connectivity index (χ4n) is 2.88. The molecular formula is C21H23Cl2N3O2. The van der Waals surface area contributed by atoms with Crippen LogP contribution in [0.2, 0.25) is 10.0 Å². The Morgan fingerprint density at radius 2 is 1.68 bits per heavy atom. The second-order valence-corrected chi connectivity index (χ2v) is 7.54. The molecule has 1 aliphatic rings. The molecule has 1 aliphatic heterocycles. The van der Waals surface area contributed by atoms with Gasteiger partial charge in [0.1, 0.15) is 5.75 Å². The third-order valence-corrected chi connectivity index (χ3v) is 4.92. The number of anilines is 1. The number of amides is 1. The van der Waals surface area contributed by atoms with E-state index in [9.17, 15) is 4.79 Å². The monoisotopic (exact) mass is 419 g/mol. The van der Waals surface area contributed by atoms with E-state index in [1.807, 2.05) is 24.3 Å². The fourth-order valence-corrected chi connectivity index (χ4v) is 3.13. The maximum atomic E-state index is 11.8. The van der Waals surface area contributed by atoms with E-state index in [2.05, 4.69) is 22.1 Å². The molecule has 148 valence electrons. The minimum atomic E-state index is -0.166. The Hall–Kier alpha value is -2.37. The first-order valence-electron chi connectivity index (χ1n) is 9.09. The van der Waals surface area contributed by atoms with Gasteiger partial charge < -0.3 is 20.3 Å². The Labute approximate surface area is 175 Å². The van der Waals surface area contributed by atoms with E-state index in [-0.39, 0.29) is 12.5 Å². The lowest BCUT2D eigenvalue weighted by Gasteiger charge is -2.42. The summed E-state index contributed by atoms with van der Waals surface area (Å²) in [6, 6.07) is 15.1. The summed E-state index contributed by atoms with van der Waals surface area (Å²) in [5.41, 5.74) is 2.08. The lowest BCUT2D eigenvalue weighted by Crippen LogP contribution is -2.57. The summed E-state index contributed by atoms with van der Waals surface area (Å²) in [5, 5.41) is 7.61. The van der Waals surface area contributed by atoms with Gasteiger partial charge in [0.2, 0.25) is 0 Å². The van der Waals surface area contributed by atoms with Gasteiger partial charge in [-0.15, -0.1) is 0 Å². The number of halogens is 2. The van der Waals surface area contributed by atoms with Crippen molar-refractivity contribution in [3.63, 3.8) is 0 Å². The highest BCUT2D eigenvalue weighted by Crippen LogP contribution is 2.23. The zero-order chi connectivity index (χ0) is 19.9. The summed E-state index contributed by atoms with van der Waals surface area (Å²) in [7, 11) is 0. The molecule has 2 N–H and O–H groups in total. The molecule has 0 bridgehead atoms. The largest absolute Gasteiger partial charge is 0.484 e. The number of nitrogens with zero attached hydrogens (tertiary/aromatic N) is 1. The van der Waals surface area contributed by atoms with E-state index in [1.165, 1.54) is 5.69 Å². The highest BCUT2D eigenvalue weighted by Gasteiger charge is 2.26. The molecule has 0 radical (unpaired) electrons. The van der Waals surface area contributed by atoms with Gasteiger partial charge in [0.25, 0.3) is 5.91 Å². The van der Waals surface area contributed by atoms with E-state index in [0.29, 0.717) is 29.8 Å². The quantitative estimate of drug-likeness (QED) is 0.647. The van der Waals surface area contributed by atoms with Gasteiger partial charge in [-0.2, -0.15) is 0 Å². The van der Waals surface area contributed by atoms with Gasteiger partial charge in [0, 0.05) is 47.5 Å². The standard InChI is InChI=1S/C21H23Cl2N3O2/c1-15(25-18-12-26(13-18)19-6-2-16(22)3-7-19)10-11-24-21(27)14-28-20-8-4-17(23)5-9-20/h2-9,18,25H,1,10-14H2,(H,24,27). The zero-order valence-electron chi connectivity index (χ0n) is 15.5. The van der Waals surface area contributed by atoms with Gasteiger partial charge in [0.15, 0.2) is 6.61 Å². The van der Waals surface area contributed by atoms with Crippen molar-refractivity contribution in [2.75, 3.05) is 31.1 Å². The van der Waals surface area contributed by atoms with E-state index in [4.69, 9.17) is 27.9 Å². The highest BCUT2D eigenvalue weighted by atomic mass is 35.5. The molecule has 1 amide bonds. The zero-order valence-corrected chi connectivity index (χ0v) is 17.0. The molecule has 2 aromatic carbocycles. The molecule has 2 aromatic rings. The molecule has 0 saturated carbocycles. The number of benzene rings is 2. The lowest BCUT2D eigenvalue weighted by molar-refractivity contribution is -0.123. The molecule has 0 spiro atoms. The Kier molecular flexibility index (Phi) is 7.06. The summed E-state index contributed by atoms with van der Waals surface area (Å²) in [4.78, 5) is 14.1. The van der Waals surface area contributed by atoms with E-state index in [0.717, 1.165) is 23.8 Å². The van der Waals surface area contributed by atoms with Crippen LogP contribution in [-0.4, -0.2) is 38.2 Å². The fraction of sp³-hybridized carbons (Fsp3) is 0.286. The molecule has 3 rings (SSSR count). The van der Waals surface area contributed by atoms with Crippen molar-refractivity contribution in [1.29, 1.82) is 0 Å². The number of carbonyl (C=O) groups excluding carboxylic acids is 1. The molecule has 1 saturated heterocycles. The van der Waals surface area contributed by atoms with Crippen molar-refractivity contribution < 1.29 is 9.53 Å². The maximum absolute atomic E-state index is 11.8. The van der Waals surface area contributed by atoms with E-state index in [1.54, 1.807) is 24.3 Å². The summed E-state index contributed by atoms with van der Waals surface area (Å²) >= 11 is 11.7. The number of hydrogen-bond acceptors (Lipinski definition) is 4. The van der Waals surface area contributed by atoms with Crippen LogP contribution in [0, 0.1) is 0 Å². The minimum absolute atomic E-state index is 0.0276. The van der Waals surface area contributed by atoms with Crippen LogP contribution in [-0.2, 0) is 4.79 Å². The third-order valence-electron chi connectivity index (χ3n) is 4.41. The Morgan fingerprint density at radius 1 is 1.07 bits per heavy atom. The second-order valence-electron chi connectivity index (χ2n) is 6.67. The molecule has 0 atom stereocenters. The SMILES string of the molecule is C=C(CCNC(=O)COc1ccc(Cl)cc1)NC1CN(c2ccc(Cl)cc2)C1. The van der Waals surface area contributed by atoms with Crippen LogP contribution in [0.25, 0.3) is 0 Å². The molecule has 0 aromatic heterocycles. The summed E-state index contributed by atoms with van der Waals surface area (Å²) in [6.45, 7) is 6.37. The van der Waals surface area contributed by atoms with E-state index >= 15 is 0 Å². The van der Waals surface area contributed by atoms with Gasteiger partial charge in [-0.05, 0) is 48.5 Å². The molecule has 7 heteroatoms. The molecule has 1 heterocycles. The lowest BCUT2D eigenvalue weighted by atomic mass is 10.1. The highest BCUT2D eigenvalue weighted by molar-refractivity contribution is 6.30. The number of hydrogen-bond donors (Lipinski definition) is 2. The third kappa shape index (κ3) is 6.08. The van der Waals surface area contributed by atoms with Crippen LogP contribution in [0.4, 0.5) is 5.69 Å². The number of nitrogens with one attached hydrogen (secondary N) is 2. The Bertz CT molecular complexity index is 803. The minimum Gasteiger partial charge on any atom is -0.484 e. The van der Waals surface area contributed by atoms with Crippen molar-refractivity contribution in [1.82, 2.24) is 10.6 Å². The summed E-state index contributed by atoms with van der Waals surface area (Å²) < 4.78 is 5.41. The molecule has 0 unspecified atom stereocenters. The molecule has 5 nitrogen and oxygen atoms in total. The van der Waals surface area contributed by atoms with Crippen LogP contribution >= 0.6 is 23.2 Å². The topological polar surface area (TPSA) is 53.6 Å². The Morgan fingerprint density at radius 3 is 2.32 bits per heavy atom. The van der Waals surface area contributed by atoms with Crippen LogP contribution < -0.4 is 20.3 Å². The summed E-state index contributed by atoms with van der Waals surface area (Å²) in [6.07, 6.45) is 0.671. The molecule has 28 heavy (non-hydrogen) atoms. The second kappa shape index (κ2) is 9.71. The predicted octanol–water partition coefficient (Wildman–Crippen LogP) is 3.87.